The minimum atomic E-state index is -3.14. The van der Waals surface area contributed by atoms with E-state index in [0.29, 0.717) is 32.2 Å². The van der Waals surface area contributed by atoms with Crippen molar-refractivity contribution in [2.24, 2.45) is 0 Å². The predicted molar refractivity (Wildman–Crippen MR) is 141 cm³/mol. The molecule has 0 aliphatic rings. The zero-order valence-corrected chi connectivity index (χ0v) is 21.8. The molecule has 4 aromatic rings. The summed E-state index contributed by atoms with van der Waals surface area (Å²) < 4.78 is 53.3. The van der Waals surface area contributed by atoms with Gasteiger partial charge in [0.05, 0.1) is 17.1 Å². The molecule has 2 heterocycles. The first kappa shape index (κ1) is 25.2. The quantitative estimate of drug-likeness (QED) is 0.245. The van der Waals surface area contributed by atoms with E-state index in [9.17, 15) is 22.0 Å². The Bertz CT molecular complexity index is 1590. The minimum absolute atomic E-state index is 0.0182. The zero-order valence-electron chi connectivity index (χ0n) is 18.8. The molecule has 0 radical (unpaired) electrons. The number of hydrogen-bond acceptors (Lipinski definition) is 6. The maximum absolute atomic E-state index is 14.9. The van der Waals surface area contributed by atoms with Crippen molar-refractivity contribution in [3.05, 3.63) is 79.7 Å². The van der Waals surface area contributed by atoms with Crippen molar-refractivity contribution in [3.63, 3.8) is 0 Å². The van der Waals surface area contributed by atoms with E-state index in [1.165, 1.54) is 28.8 Å². The molecule has 7 nitrogen and oxygen atoms in total. The summed E-state index contributed by atoms with van der Waals surface area (Å²) in [5.74, 6) is -0.875. The average molecular weight is 610 g/mol. The van der Waals surface area contributed by atoms with Crippen LogP contribution in [0.1, 0.15) is 12.0 Å². The van der Waals surface area contributed by atoms with Gasteiger partial charge in [-0.25, -0.2) is 22.2 Å². The van der Waals surface area contributed by atoms with E-state index >= 15 is 0 Å². The molecule has 2 aromatic heterocycles. The lowest BCUT2D eigenvalue weighted by atomic mass is 10.0. The number of pyridine rings is 1. The molecule has 0 atom stereocenters. The summed E-state index contributed by atoms with van der Waals surface area (Å²) in [7, 11) is -3.14. The molecule has 0 saturated carbocycles. The number of halogens is 3. The zero-order chi connectivity index (χ0) is 25.3. The highest BCUT2D eigenvalue weighted by atomic mass is 127. The molecular formula is C24H21F2IN4O3S. The van der Waals surface area contributed by atoms with E-state index in [4.69, 9.17) is 0 Å². The molecule has 35 heavy (non-hydrogen) atoms. The molecule has 0 amide bonds. The number of nitrogens with one attached hydrogen (secondary N) is 1. The van der Waals surface area contributed by atoms with E-state index < -0.39 is 27.0 Å². The number of sulfone groups is 1. The highest BCUT2D eigenvalue weighted by Crippen LogP contribution is 2.31. The molecule has 0 unspecified atom stereocenters. The highest BCUT2D eigenvalue weighted by Gasteiger charge is 2.19. The summed E-state index contributed by atoms with van der Waals surface area (Å²) in [5, 5.41) is 3.48. The third kappa shape index (κ3) is 5.50. The van der Waals surface area contributed by atoms with Crippen LogP contribution in [0.5, 0.6) is 0 Å². The average Bonchev–Trinajstić information content (AvgIpc) is 2.77. The van der Waals surface area contributed by atoms with Crippen LogP contribution in [-0.2, 0) is 9.84 Å². The van der Waals surface area contributed by atoms with Gasteiger partial charge < -0.3 is 5.32 Å². The molecule has 1 N–H and O–H groups in total. The highest BCUT2D eigenvalue weighted by molar-refractivity contribution is 14.1. The Kier molecular flexibility index (Phi) is 7.17. The van der Waals surface area contributed by atoms with Crippen molar-refractivity contribution in [1.29, 1.82) is 0 Å². The molecule has 0 aliphatic carbocycles. The molecule has 0 spiro atoms. The van der Waals surface area contributed by atoms with Crippen molar-refractivity contribution in [1.82, 2.24) is 14.5 Å². The maximum atomic E-state index is 14.9. The van der Waals surface area contributed by atoms with Gasteiger partial charge >= 0.3 is 0 Å². The molecule has 4 rings (SSSR count). The standard InChI is InChI=1S/C24H21F2IN4O3S/c1-14-13-15(25)7-8-16(14)21-17-9-10-20(32)31(22-18(26)5-3-6-19(22)27)23(17)30-24(29-21)28-11-4-12-35(2,33)34/h3,5-10,13H,4,11-12H2,1-2H3,(H,28,29,30). The van der Waals surface area contributed by atoms with E-state index in [1.54, 1.807) is 31.2 Å². The van der Waals surface area contributed by atoms with Crippen LogP contribution in [0.2, 0.25) is 0 Å². The van der Waals surface area contributed by atoms with Gasteiger partial charge in [0.2, 0.25) is 5.95 Å². The number of aromatic nitrogens is 3. The smallest absolute Gasteiger partial charge is 0.256 e. The molecule has 2 aromatic carbocycles. The van der Waals surface area contributed by atoms with Crippen LogP contribution in [0.4, 0.5) is 14.7 Å². The maximum Gasteiger partial charge on any atom is 0.256 e. The van der Waals surface area contributed by atoms with Crippen molar-refractivity contribution in [2.75, 3.05) is 23.9 Å². The van der Waals surface area contributed by atoms with Crippen molar-refractivity contribution < 1.29 is 17.2 Å². The van der Waals surface area contributed by atoms with Gasteiger partial charge in [0.1, 0.15) is 21.5 Å². The van der Waals surface area contributed by atoms with Crippen LogP contribution in [-0.4, -0.2) is 41.5 Å². The van der Waals surface area contributed by atoms with Crippen LogP contribution < -0.4 is 10.9 Å². The lowest BCUT2D eigenvalue weighted by Gasteiger charge is -2.16. The lowest BCUT2D eigenvalue weighted by Crippen LogP contribution is -2.21. The van der Waals surface area contributed by atoms with Crippen LogP contribution in [0, 0.1) is 22.1 Å². The number of nitrogens with zero attached hydrogens (tertiary/aromatic N) is 3. The topological polar surface area (TPSA) is 94.0 Å². The van der Waals surface area contributed by atoms with Crippen molar-refractivity contribution in [3.8, 4) is 16.9 Å². The number of fused-ring (bicyclic) bond motifs is 1. The van der Waals surface area contributed by atoms with Gasteiger partial charge in [-0.05, 0) is 77.9 Å². The second kappa shape index (κ2) is 9.97. The summed E-state index contributed by atoms with van der Waals surface area (Å²) in [5.41, 5.74) is 1.41. The Labute approximate surface area is 214 Å². The van der Waals surface area contributed by atoms with Crippen molar-refractivity contribution in [2.45, 2.75) is 13.3 Å². The molecular weight excluding hydrogens is 589 g/mol. The fourth-order valence-electron chi connectivity index (χ4n) is 3.75. The first-order chi connectivity index (χ1) is 16.5. The normalized spacial score (nSPS) is 11.7. The fourth-order valence-corrected chi connectivity index (χ4v) is 5.12. The third-order valence-electron chi connectivity index (χ3n) is 5.33. The molecule has 11 heteroatoms. The summed E-state index contributed by atoms with van der Waals surface area (Å²) in [6.45, 7) is 2.00. The van der Waals surface area contributed by atoms with Gasteiger partial charge in [-0.15, -0.1) is 0 Å². The number of hydrogen-bond donors (Lipinski definition) is 1. The lowest BCUT2D eigenvalue weighted by molar-refractivity contribution is 0.600. The Morgan fingerprint density at radius 3 is 2.54 bits per heavy atom. The first-order valence-corrected chi connectivity index (χ1v) is 13.8. The Morgan fingerprint density at radius 2 is 1.86 bits per heavy atom. The number of benzene rings is 2. The largest absolute Gasteiger partial charge is 0.354 e. The van der Waals surface area contributed by atoms with E-state index in [2.05, 4.69) is 15.3 Å². The third-order valence-corrected chi connectivity index (χ3v) is 7.23. The summed E-state index contributed by atoms with van der Waals surface area (Å²) in [6.07, 6.45) is 1.47. The van der Waals surface area contributed by atoms with E-state index in [0.717, 1.165) is 6.26 Å². The van der Waals surface area contributed by atoms with Gasteiger partial charge in [-0.2, -0.15) is 4.98 Å². The van der Waals surface area contributed by atoms with E-state index in [-0.39, 0.29) is 29.6 Å². The molecule has 0 aliphatic heterocycles. The van der Waals surface area contributed by atoms with Gasteiger partial charge in [0.15, 0.2) is 5.65 Å². The Hall–Kier alpha value is -2.93. The Morgan fingerprint density at radius 1 is 1.09 bits per heavy atom. The van der Waals surface area contributed by atoms with Crippen molar-refractivity contribution >= 4 is 49.4 Å². The number of para-hydroxylation sites is 1. The fraction of sp³-hybridized carbons (Fsp3) is 0.208. The van der Waals surface area contributed by atoms with Gasteiger partial charge in [-0.1, -0.05) is 6.07 Å². The van der Waals surface area contributed by atoms with Gasteiger partial charge in [0, 0.05) is 33.4 Å². The molecule has 182 valence electrons. The monoisotopic (exact) mass is 610 g/mol. The van der Waals surface area contributed by atoms with Gasteiger partial charge in [0.25, 0.3) is 5.56 Å². The van der Waals surface area contributed by atoms with Crippen LogP contribution >= 0.6 is 22.6 Å². The number of rotatable bonds is 7. The molecule has 0 fully saturated rings. The van der Waals surface area contributed by atoms with Crippen LogP contribution in [0.3, 0.4) is 0 Å². The first-order valence-electron chi connectivity index (χ1n) is 10.6. The second-order valence-corrected chi connectivity index (χ2v) is 11.5. The Balaban J connectivity index is 1.96. The SMILES string of the molecule is Cc1cc(F)ccc1-c1nc(NCCCS(C)(=O)=O)nc2c1ccc(=O)n2-c1c(F)cccc1I. The minimum Gasteiger partial charge on any atom is -0.354 e. The summed E-state index contributed by atoms with van der Waals surface area (Å²) in [6, 6.07) is 11.6. The van der Waals surface area contributed by atoms with Gasteiger partial charge in [-0.3, -0.25) is 9.36 Å². The summed E-state index contributed by atoms with van der Waals surface area (Å²) >= 11 is 1.95. The summed E-state index contributed by atoms with van der Waals surface area (Å²) in [4.78, 5) is 22.1. The van der Waals surface area contributed by atoms with Crippen LogP contribution in [0.15, 0.2) is 53.3 Å². The second-order valence-electron chi connectivity index (χ2n) is 8.08. The van der Waals surface area contributed by atoms with E-state index in [1.807, 2.05) is 22.6 Å². The van der Waals surface area contributed by atoms with Crippen LogP contribution in [0.25, 0.3) is 28.0 Å². The molecule has 0 saturated heterocycles. The number of aryl methyl sites for hydroxylation is 1. The molecule has 0 bridgehead atoms. The predicted octanol–water partition coefficient (Wildman–Crippen LogP) is 4.49. The number of anilines is 1.